The molecule has 0 fully saturated rings. The molecule has 3 aromatic heterocycles. The normalized spacial score (nSPS) is 19.6. The van der Waals surface area contributed by atoms with Crippen molar-refractivity contribution in [2.24, 2.45) is 0 Å². The Bertz CT molecular complexity index is 5010. The summed E-state index contributed by atoms with van der Waals surface area (Å²) in [5.41, 5.74) is -8.26. The van der Waals surface area contributed by atoms with E-state index in [1.807, 2.05) is 0 Å². The van der Waals surface area contributed by atoms with E-state index in [2.05, 4.69) is 15.0 Å². The van der Waals surface area contributed by atoms with Crippen LogP contribution in [0.3, 0.4) is 0 Å². The third kappa shape index (κ3) is 5.13. The van der Waals surface area contributed by atoms with E-state index in [9.17, 15) is 15.1 Å². The van der Waals surface area contributed by atoms with Crippen LogP contribution in [0.4, 0.5) is 0 Å². The molecule has 0 N–H and O–H groups in total. The van der Waals surface area contributed by atoms with Gasteiger partial charge in [0.05, 0.1) is 71.6 Å². The number of hydrogen-bond donors (Lipinski definition) is 0. The van der Waals surface area contributed by atoms with Gasteiger partial charge in [0.25, 0.3) is 0 Å². The summed E-state index contributed by atoms with van der Waals surface area (Å²) in [6, 6.07) is -29.9. The smallest absolute Gasteiger partial charge is 0.238 e. The highest BCUT2D eigenvalue weighted by molar-refractivity contribution is 6.26. The van der Waals surface area contributed by atoms with Crippen LogP contribution in [0.5, 0.6) is 0 Å². The van der Waals surface area contributed by atoms with Gasteiger partial charge in [-0.15, -0.1) is 0 Å². The Morgan fingerprint density at radius 1 is 0.357 bits per heavy atom. The maximum absolute atomic E-state index is 9.90. The molecule has 0 unspecified atom stereocenters. The predicted molar refractivity (Wildman–Crippen MR) is 230 cm³/mol. The van der Waals surface area contributed by atoms with Crippen molar-refractivity contribution in [2.45, 2.75) is 0 Å². The van der Waals surface area contributed by atoms with Gasteiger partial charge in [0.15, 0.2) is 11.6 Å². The molecular weight excluding hydrogens is 683 g/mol. The fourth-order valence-corrected chi connectivity index (χ4v) is 6.31. The molecule has 0 aliphatic rings. The van der Waals surface area contributed by atoms with Gasteiger partial charge in [0, 0.05) is 38.2 Å². The summed E-state index contributed by atoms with van der Waals surface area (Å²) in [6.07, 6.45) is 0. The minimum absolute atomic E-state index is 0.608. The zero-order chi connectivity index (χ0) is 64.9. The molecule has 5 heteroatoms. The lowest BCUT2D eigenvalue weighted by Crippen LogP contribution is -2.06. The molecule has 0 saturated carbocycles. The molecule has 56 heavy (non-hydrogen) atoms. The van der Waals surface area contributed by atoms with E-state index in [4.69, 9.17) is 28.8 Å². The second-order valence-corrected chi connectivity index (χ2v) is 11.6. The summed E-state index contributed by atoms with van der Waals surface area (Å²) in [4.78, 5) is 13.4. The molecule has 3 heterocycles. The quantitative estimate of drug-likeness (QED) is 0.170. The number of para-hydroxylation sites is 3. The molecule has 0 bridgehead atoms. The second kappa shape index (κ2) is 13.0. The third-order valence-electron chi connectivity index (χ3n) is 8.61. The fourth-order valence-electron chi connectivity index (χ4n) is 6.31. The molecular formula is C51H33N5. The summed E-state index contributed by atoms with van der Waals surface area (Å²) < 4.78 is 289. The van der Waals surface area contributed by atoms with Gasteiger partial charge in [-0.05, 0) is 40.9 Å². The summed E-state index contributed by atoms with van der Waals surface area (Å²) in [5, 5.41) is -2.55. The van der Waals surface area contributed by atoms with Gasteiger partial charge in [0.2, 0.25) is 5.95 Å². The first-order valence-corrected chi connectivity index (χ1v) is 16.3. The highest BCUT2D eigenvalue weighted by Gasteiger charge is 2.24. The van der Waals surface area contributed by atoms with Crippen LogP contribution in [-0.4, -0.2) is 24.1 Å². The Hall–Kier alpha value is -7.63. The Labute approximate surface area is 368 Å². The van der Waals surface area contributed by atoms with Gasteiger partial charge in [-0.2, -0.15) is 9.97 Å². The topological polar surface area (TPSA) is 48.5 Å². The van der Waals surface area contributed by atoms with Gasteiger partial charge in [-0.25, -0.2) is 4.98 Å². The van der Waals surface area contributed by atoms with Crippen molar-refractivity contribution in [1.82, 2.24) is 24.1 Å². The van der Waals surface area contributed by atoms with Crippen LogP contribution >= 0.6 is 0 Å². The highest BCUT2D eigenvalue weighted by Crippen LogP contribution is 2.43. The van der Waals surface area contributed by atoms with Gasteiger partial charge in [-0.1, -0.05) is 175 Å². The van der Waals surface area contributed by atoms with Crippen LogP contribution in [0, 0.1) is 0 Å². The van der Waals surface area contributed by atoms with Crippen molar-refractivity contribution < 1.29 is 43.9 Å². The lowest BCUT2D eigenvalue weighted by molar-refractivity contribution is 0.955. The first-order chi connectivity index (χ1) is 41.1. The minimum atomic E-state index is -1.10. The molecule has 11 aromatic rings. The van der Waals surface area contributed by atoms with Gasteiger partial charge >= 0.3 is 0 Å². The zero-order valence-electron chi connectivity index (χ0n) is 59.8. The first kappa shape index (κ1) is 13.3. The van der Waals surface area contributed by atoms with Crippen LogP contribution < -0.4 is 0 Å². The summed E-state index contributed by atoms with van der Waals surface area (Å²) in [6.45, 7) is 0. The number of nitrogens with zero attached hydrogens (tertiary/aromatic N) is 5. The van der Waals surface area contributed by atoms with Crippen molar-refractivity contribution in [2.75, 3.05) is 0 Å². The monoisotopic (exact) mass is 747 g/mol. The van der Waals surface area contributed by atoms with Crippen molar-refractivity contribution in [3.8, 4) is 56.7 Å². The van der Waals surface area contributed by atoms with Crippen LogP contribution in [0.15, 0.2) is 199 Å². The van der Waals surface area contributed by atoms with Crippen molar-refractivity contribution in [3.05, 3.63) is 199 Å². The SMILES string of the molecule is [2H]c1cc(-c2c([2H])c([2H])c([2H])c([2H])c2[2H])c(-n2c3c([2H])c([2H])c([2H])c([2H])c3c3c2c([2H])c([2H])c2c4c([2H])c([2H])c([2H])c([2H])c4n(-c4nc(-c5c([2H])c([2H])c([2H])c([2H])c5[2H])nc(-c5c([2H])c([2H])c(-c6c([2H])c([2H])c([2H])c([2H])c6[2H])c([2H])c5[2H])n4)c23)c([2H])c1[2H]. The third-order valence-corrected chi connectivity index (χ3v) is 8.61. The summed E-state index contributed by atoms with van der Waals surface area (Å²) in [5.74, 6) is -2.95. The number of aromatic nitrogens is 5. The average Bonchev–Trinajstić information content (AvgIpc) is 1.50. The Balaban J connectivity index is 1.43. The highest BCUT2D eigenvalue weighted by atomic mass is 15.2. The molecule has 262 valence electrons. The van der Waals surface area contributed by atoms with E-state index in [1.165, 1.54) is 0 Å². The number of rotatable bonds is 6. The molecule has 0 aliphatic heterocycles. The molecule has 0 atom stereocenters. The van der Waals surface area contributed by atoms with Crippen LogP contribution in [0.1, 0.15) is 43.9 Å². The first-order valence-electron chi connectivity index (χ1n) is 32.3. The molecule has 0 amide bonds. The van der Waals surface area contributed by atoms with E-state index in [0.29, 0.717) is 0 Å². The molecule has 5 nitrogen and oxygen atoms in total. The maximum atomic E-state index is 9.90. The molecule has 11 rings (SSSR count). The second-order valence-electron chi connectivity index (χ2n) is 11.6. The molecule has 0 radical (unpaired) electrons. The molecule has 0 spiro atoms. The van der Waals surface area contributed by atoms with Gasteiger partial charge in [-0.3, -0.25) is 4.57 Å². The van der Waals surface area contributed by atoms with E-state index < -0.39 is 294 Å². The van der Waals surface area contributed by atoms with E-state index in [0.717, 1.165) is 15.2 Å². The molecule has 8 aromatic carbocycles. The standard InChI is InChI=1S/C51H33N5/c1-4-16-34(17-5-1)35-28-30-38(31-29-35)50-52-49(37-20-8-3-9-21-37)53-51(54-50)56-44-26-14-11-23-40(44)41-32-33-46-47(48(41)56)42-24-12-15-27-45(42)55(46)43-25-13-10-22-39(43)36-18-6-2-7-19-36/h1-33H/i1D,2D,3D,4D,5D,6D,7D,8D,9D,10D,11D,12D,13D,14D,15D,16D,17D,18D,19D,20D,21D,23D,24D,25D,26D,27D,28D,29D,30D,31D,32D,33D. The number of hydrogen-bond acceptors (Lipinski definition) is 3. The van der Waals surface area contributed by atoms with Crippen molar-refractivity contribution in [1.29, 1.82) is 0 Å². The maximum Gasteiger partial charge on any atom is 0.238 e. The van der Waals surface area contributed by atoms with E-state index in [-0.39, 0.29) is 0 Å². The number of benzene rings is 8. The average molecular weight is 748 g/mol. The lowest BCUT2D eigenvalue weighted by Gasteiger charge is -2.14. The Morgan fingerprint density at radius 3 is 1.57 bits per heavy atom. The largest absolute Gasteiger partial charge is 0.309 e. The molecule has 0 aliphatic carbocycles. The van der Waals surface area contributed by atoms with Crippen LogP contribution in [-0.2, 0) is 0 Å². The fraction of sp³-hybridized carbons (Fsp3) is 0. The summed E-state index contributed by atoms with van der Waals surface area (Å²) >= 11 is 0. The zero-order valence-corrected chi connectivity index (χ0v) is 27.8. The van der Waals surface area contributed by atoms with Crippen LogP contribution in [0.2, 0.25) is 0 Å². The number of fused-ring (bicyclic) bond motifs is 7. The van der Waals surface area contributed by atoms with Gasteiger partial charge in [0.1, 0.15) is 0 Å². The van der Waals surface area contributed by atoms with Crippen LogP contribution in [0.25, 0.3) is 100 Å². The van der Waals surface area contributed by atoms with Crippen molar-refractivity contribution in [3.63, 3.8) is 0 Å². The van der Waals surface area contributed by atoms with E-state index in [1.54, 1.807) is 0 Å². The minimum Gasteiger partial charge on any atom is -0.309 e. The Kier molecular flexibility index (Phi) is 3.10. The van der Waals surface area contributed by atoms with Gasteiger partial charge < -0.3 is 4.57 Å². The van der Waals surface area contributed by atoms with E-state index >= 15 is 0 Å². The summed E-state index contributed by atoms with van der Waals surface area (Å²) in [7, 11) is 0. The predicted octanol–water partition coefficient (Wildman–Crippen LogP) is 12.7. The lowest BCUT2D eigenvalue weighted by atomic mass is 10.0. The Morgan fingerprint density at radius 2 is 0.875 bits per heavy atom. The molecule has 0 saturated heterocycles. The van der Waals surface area contributed by atoms with Crippen molar-refractivity contribution >= 4 is 43.6 Å².